The summed E-state index contributed by atoms with van der Waals surface area (Å²) < 4.78 is 0. The number of hydrogen-bond acceptors (Lipinski definition) is 0. The van der Waals surface area contributed by atoms with Crippen molar-refractivity contribution in [3.8, 4) is 0 Å². The van der Waals surface area contributed by atoms with Gasteiger partial charge in [0.1, 0.15) is 0 Å². The van der Waals surface area contributed by atoms with Crippen LogP contribution in [0, 0.1) is 6.42 Å². The van der Waals surface area contributed by atoms with E-state index in [4.69, 9.17) is 4.79 Å². The predicted octanol–water partition coefficient (Wildman–Crippen LogP) is 1.17. The van der Waals surface area contributed by atoms with Crippen molar-refractivity contribution >= 4 is 5.78 Å². The van der Waals surface area contributed by atoms with Gasteiger partial charge < -0.3 is 0 Å². The van der Waals surface area contributed by atoms with Crippen molar-refractivity contribution in [3.63, 3.8) is 0 Å². The van der Waals surface area contributed by atoms with E-state index in [9.17, 15) is 0 Å². The lowest BCUT2D eigenvalue weighted by atomic mass is 10.3. The molecular weight excluding hydrogens is 76.1 g/mol. The van der Waals surface area contributed by atoms with Gasteiger partial charge in [0.25, 0.3) is 5.78 Å². The molecule has 0 saturated heterocycles. The van der Waals surface area contributed by atoms with Gasteiger partial charge in [-0.15, -0.1) is 0 Å². The standard InChI is InChI=1S/C5H9O/c1-3-4-5(2)6/h3H,4H2,1-2H3/p+1. The smallest absolute Gasteiger partial charge is 0.284 e. The number of carbonyl (C=O) groups excluding carboxylic acids is 1. The van der Waals surface area contributed by atoms with Crippen molar-refractivity contribution < 1.29 is 4.79 Å². The second-order valence-corrected chi connectivity index (χ2v) is 1.35. The Balaban J connectivity index is 2.83. The first-order chi connectivity index (χ1) is 2.77. The summed E-state index contributed by atoms with van der Waals surface area (Å²) in [5.41, 5.74) is 0. The van der Waals surface area contributed by atoms with Gasteiger partial charge in [-0.1, -0.05) is 6.92 Å². The molecule has 0 aliphatic rings. The lowest BCUT2D eigenvalue weighted by molar-refractivity contribution is 0.661. The summed E-state index contributed by atoms with van der Waals surface area (Å²) in [5.74, 6) is 0.484. The Kier molecular flexibility index (Phi) is 2.73. The highest BCUT2D eigenvalue weighted by atomic mass is 16.1. The van der Waals surface area contributed by atoms with Gasteiger partial charge in [0.05, 0.1) is 6.42 Å². The third kappa shape index (κ3) is 3.67. The Labute approximate surface area is 38.4 Å². The summed E-state index contributed by atoms with van der Waals surface area (Å²) in [6.45, 7) is 3.61. The van der Waals surface area contributed by atoms with Crippen LogP contribution in [0.5, 0.6) is 0 Å². The summed E-state index contributed by atoms with van der Waals surface area (Å²) in [6, 6.07) is 0. The molecule has 0 saturated carbocycles. The fourth-order valence-corrected chi connectivity index (χ4v) is 0.295. The van der Waals surface area contributed by atoms with Gasteiger partial charge in [-0.3, -0.25) is 4.79 Å². The highest BCUT2D eigenvalue weighted by Gasteiger charge is 1.92. The van der Waals surface area contributed by atoms with Crippen LogP contribution < -0.4 is 0 Å². The molecule has 35 valence electrons. The summed E-state index contributed by atoms with van der Waals surface area (Å²) in [7, 11) is 0. The lowest BCUT2D eigenvalue weighted by Crippen LogP contribution is -1.86. The molecule has 1 N–H and O–H groups in total. The van der Waals surface area contributed by atoms with Gasteiger partial charge >= 0.3 is 0 Å². The summed E-state index contributed by atoms with van der Waals surface area (Å²) in [4.78, 5) is 8.44. The highest BCUT2D eigenvalue weighted by Crippen LogP contribution is 1.82. The van der Waals surface area contributed by atoms with E-state index in [0.717, 1.165) is 6.42 Å². The first-order valence-electron chi connectivity index (χ1n) is 2.06. The molecule has 0 aromatic carbocycles. The number of rotatable bonds is 2. The topological polar surface area (TPSA) is 21.4 Å². The Morgan fingerprint density at radius 3 is 2.33 bits per heavy atom. The van der Waals surface area contributed by atoms with E-state index in [1.807, 2.05) is 13.3 Å². The molecule has 1 nitrogen and oxygen atoms in total. The van der Waals surface area contributed by atoms with Crippen LogP contribution in [0.4, 0.5) is 0 Å². The average Bonchev–Trinajstić information content (AvgIpc) is 1.35. The van der Waals surface area contributed by atoms with Crippen molar-refractivity contribution in [2.24, 2.45) is 0 Å². The van der Waals surface area contributed by atoms with Crippen LogP contribution in [0.2, 0.25) is 0 Å². The molecular formula is C5H10O+. The van der Waals surface area contributed by atoms with Gasteiger partial charge in [-0.05, 0) is 6.42 Å². The third-order valence-corrected chi connectivity index (χ3v) is 0.500. The van der Waals surface area contributed by atoms with Crippen molar-refractivity contribution in [3.05, 3.63) is 6.42 Å². The van der Waals surface area contributed by atoms with Crippen molar-refractivity contribution in [1.82, 2.24) is 0 Å². The van der Waals surface area contributed by atoms with E-state index in [-0.39, 0.29) is 0 Å². The minimum absolute atomic E-state index is 0.484. The third-order valence-electron chi connectivity index (χ3n) is 0.500. The second kappa shape index (κ2) is 2.88. The first-order valence-corrected chi connectivity index (χ1v) is 2.06. The molecule has 1 heteroatoms. The SMILES string of the molecule is C[CH]CC(C)=[OH+]. The van der Waals surface area contributed by atoms with E-state index in [0.29, 0.717) is 5.78 Å². The van der Waals surface area contributed by atoms with E-state index in [1.54, 1.807) is 6.92 Å². The van der Waals surface area contributed by atoms with Crippen molar-refractivity contribution in [2.75, 3.05) is 0 Å². The number of ketones is 1. The van der Waals surface area contributed by atoms with Gasteiger partial charge in [-0.25, -0.2) is 0 Å². The van der Waals surface area contributed by atoms with Crippen molar-refractivity contribution in [2.45, 2.75) is 20.3 Å². The Morgan fingerprint density at radius 2 is 2.33 bits per heavy atom. The molecule has 0 spiro atoms. The van der Waals surface area contributed by atoms with Gasteiger partial charge in [0, 0.05) is 6.92 Å². The Bertz CT molecular complexity index is 47.9. The predicted molar refractivity (Wildman–Crippen MR) is 27.2 cm³/mol. The van der Waals surface area contributed by atoms with E-state index < -0.39 is 0 Å². The molecule has 0 aliphatic carbocycles. The van der Waals surface area contributed by atoms with Crippen LogP contribution >= 0.6 is 0 Å². The maximum absolute atomic E-state index is 8.44. The van der Waals surface area contributed by atoms with Crippen LogP contribution in [0.15, 0.2) is 0 Å². The maximum atomic E-state index is 8.44. The van der Waals surface area contributed by atoms with Crippen LogP contribution in [0.1, 0.15) is 20.3 Å². The molecule has 0 atom stereocenters. The van der Waals surface area contributed by atoms with Crippen molar-refractivity contribution in [1.29, 1.82) is 0 Å². The highest BCUT2D eigenvalue weighted by molar-refractivity contribution is 5.77. The molecule has 0 rings (SSSR count). The van der Waals surface area contributed by atoms with E-state index in [1.165, 1.54) is 0 Å². The van der Waals surface area contributed by atoms with Crippen LogP contribution in [-0.4, -0.2) is 10.6 Å². The molecule has 0 fully saturated rings. The molecule has 0 aromatic heterocycles. The summed E-state index contributed by atoms with van der Waals surface area (Å²) in [5, 5.41) is 0. The van der Waals surface area contributed by atoms with Gasteiger partial charge in [0.15, 0.2) is 0 Å². The van der Waals surface area contributed by atoms with Crippen LogP contribution in [-0.2, 0) is 0 Å². The number of hydrogen-bond donors (Lipinski definition) is 0. The van der Waals surface area contributed by atoms with Crippen LogP contribution in [0.3, 0.4) is 0 Å². The van der Waals surface area contributed by atoms with E-state index in [2.05, 4.69) is 0 Å². The van der Waals surface area contributed by atoms with Crippen LogP contribution in [0.25, 0.3) is 0 Å². The fraction of sp³-hybridized carbons (Fsp3) is 0.600. The van der Waals surface area contributed by atoms with E-state index >= 15 is 0 Å². The Morgan fingerprint density at radius 1 is 1.83 bits per heavy atom. The molecule has 0 unspecified atom stereocenters. The first kappa shape index (κ1) is 5.67. The second-order valence-electron chi connectivity index (χ2n) is 1.35. The largest absolute Gasteiger partial charge is 0.290 e. The fourth-order valence-electron chi connectivity index (χ4n) is 0.295. The zero-order chi connectivity index (χ0) is 4.99. The maximum Gasteiger partial charge on any atom is 0.290 e. The minimum Gasteiger partial charge on any atom is -0.284 e. The zero-order valence-corrected chi connectivity index (χ0v) is 4.23. The molecule has 1 radical (unpaired) electrons. The molecule has 0 amide bonds. The molecule has 6 heavy (non-hydrogen) atoms. The molecule has 0 bridgehead atoms. The molecule has 0 aromatic rings. The van der Waals surface area contributed by atoms with Gasteiger partial charge in [0.2, 0.25) is 0 Å². The Hall–Kier alpha value is -0.330. The normalized spacial score (nSPS) is 8.33. The summed E-state index contributed by atoms with van der Waals surface area (Å²) in [6.07, 6.45) is 2.63. The molecule has 0 aliphatic heterocycles. The monoisotopic (exact) mass is 86.1 g/mol. The summed E-state index contributed by atoms with van der Waals surface area (Å²) >= 11 is 0. The van der Waals surface area contributed by atoms with Gasteiger partial charge in [-0.2, -0.15) is 0 Å². The average molecular weight is 86.1 g/mol. The minimum atomic E-state index is 0.484. The lowest BCUT2D eigenvalue weighted by Gasteiger charge is -1.73. The zero-order valence-electron chi connectivity index (χ0n) is 4.23. The molecule has 0 heterocycles. The quantitative estimate of drug-likeness (QED) is 0.450.